The first kappa shape index (κ1) is 21.3. The molecular formula is C25H22N2O5. The zero-order valence-electron chi connectivity index (χ0n) is 17.7. The topological polar surface area (TPSA) is 95.5 Å². The van der Waals surface area contributed by atoms with Gasteiger partial charge in [-0.15, -0.1) is 0 Å². The number of carbonyl (C=O) groups excluding carboxylic acids is 1. The highest BCUT2D eigenvalue weighted by Gasteiger charge is 2.14. The van der Waals surface area contributed by atoms with Crippen LogP contribution < -0.4 is 0 Å². The maximum atomic E-state index is 12.4. The number of nitrogens with zero attached hydrogens (tertiary/aromatic N) is 2. The lowest BCUT2D eigenvalue weighted by Gasteiger charge is -2.05. The van der Waals surface area contributed by atoms with E-state index in [2.05, 4.69) is 17.0 Å². The molecule has 0 saturated heterocycles. The molecule has 0 radical (unpaired) electrons. The second-order valence-corrected chi connectivity index (χ2v) is 7.84. The van der Waals surface area contributed by atoms with Crippen LogP contribution in [0.25, 0.3) is 11.3 Å². The minimum atomic E-state index is -0.464. The number of hydrogen-bond acceptors (Lipinski definition) is 6. The van der Waals surface area contributed by atoms with Gasteiger partial charge in [-0.05, 0) is 55.7 Å². The van der Waals surface area contributed by atoms with E-state index < -0.39 is 10.9 Å². The van der Waals surface area contributed by atoms with E-state index in [0.717, 1.165) is 11.1 Å². The Labute approximate surface area is 185 Å². The van der Waals surface area contributed by atoms with Gasteiger partial charge in [0.2, 0.25) is 0 Å². The lowest BCUT2D eigenvalue weighted by molar-refractivity contribution is -0.384. The lowest BCUT2D eigenvalue weighted by Crippen LogP contribution is -2.05. The van der Waals surface area contributed by atoms with Crippen LogP contribution in [0.2, 0.25) is 0 Å². The molecule has 1 aliphatic rings. The number of non-ortho nitro benzene ring substituents is 1. The Morgan fingerprint density at radius 3 is 2.62 bits per heavy atom. The molecule has 4 rings (SSSR count). The molecule has 0 amide bonds. The third kappa shape index (κ3) is 5.03. The van der Waals surface area contributed by atoms with Crippen molar-refractivity contribution in [1.82, 2.24) is 5.16 Å². The molecule has 0 spiro atoms. The number of carbonyl (C=O) groups is 1. The molecule has 0 N–H and O–H groups in total. The fraction of sp³-hybridized carbons (Fsp3) is 0.280. The van der Waals surface area contributed by atoms with E-state index in [9.17, 15) is 14.9 Å². The maximum Gasteiger partial charge on any atom is 0.338 e. The summed E-state index contributed by atoms with van der Waals surface area (Å²) in [5.74, 6) is 6.98. The number of ether oxygens (including phenoxy) is 1. The number of nitro groups is 1. The summed E-state index contributed by atoms with van der Waals surface area (Å²) in [4.78, 5) is 22.7. The molecule has 1 heterocycles. The molecule has 1 saturated carbocycles. The smallest absolute Gasteiger partial charge is 0.338 e. The van der Waals surface area contributed by atoms with Gasteiger partial charge in [0.05, 0.1) is 10.5 Å². The molecule has 1 aromatic heterocycles. The van der Waals surface area contributed by atoms with Gasteiger partial charge in [-0.2, -0.15) is 0 Å². The number of aryl methyl sites for hydroxylation is 1. The van der Waals surface area contributed by atoms with Crippen LogP contribution in [0.1, 0.15) is 52.9 Å². The average Bonchev–Trinajstić information content (AvgIpc) is 3.49. The summed E-state index contributed by atoms with van der Waals surface area (Å²) in [6, 6.07) is 13.0. The standard InChI is InChI=1S/C25H22N2O5/c1-17-14-21(9-8-19(17)7-6-18-4-2-3-5-18)25(28)31-16-23-15-24(26-32-23)20-10-12-22(13-11-20)27(29)30/h8-15,18H,2-5,16H2,1H3. The molecule has 1 fully saturated rings. The van der Waals surface area contributed by atoms with Crippen LogP contribution in [0.15, 0.2) is 53.1 Å². The van der Waals surface area contributed by atoms with E-state index in [0.29, 0.717) is 28.5 Å². The zero-order valence-corrected chi connectivity index (χ0v) is 17.7. The number of esters is 1. The SMILES string of the molecule is Cc1cc(C(=O)OCc2cc(-c3ccc([N+](=O)[O-])cc3)no2)ccc1C#CC1CCCC1. The van der Waals surface area contributed by atoms with Crippen LogP contribution in [0, 0.1) is 34.8 Å². The van der Waals surface area contributed by atoms with Crippen LogP contribution >= 0.6 is 0 Å². The Morgan fingerprint density at radius 1 is 1.19 bits per heavy atom. The molecular weight excluding hydrogens is 408 g/mol. The molecule has 3 aromatic rings. The fourth-order valence-corrected chi connectivity index (χ4v) is 3.67. The van der Waals surface area contributed by atoms with Gasteiger partial charge in [0, 0.05) is 35.2 Å². The van der Waals surface area contributed by atoms with Gasteiger partial charge in [0.15, 0.2) is 12.4 Å². The van der Waals surface area contributed by atoms with Crippen LogP contribution in [0.4, 0.5) is 5.69 Å². The Balaban J connectivity index is 1.36. The Hall–Kier alpha value is -3.92. The first-order chi connectivity index (χ1) is 15.5. The highest BCUT2D eigenvalue weighted by Crippen LogP contribution is 2.24. The number of benzene rings is 2. The predicted molar refractivity (Wildman–Crippen MR) is 118 cm³/mol. The van der Waals surface area contributed by atoms with Crippen molar-refractivity contribution in [3.63, 3.8) is 0 Å². The highest BCUT2D eigenvalue weighted by molar-refractivity contribution is 5.89. The first-order valence-electron chi connectivity index (χ1n) is 10.5. The van der Waals surface area contributed by atoms with Crippen LogP contribution in [-0.2, 0) is 11.3 Å². The Morgan fingerprint density at radius 2 is 1.94 bits per heavy atom. The summed E-state index contributed by atoms with van der Waals surface area (Å²) in [6.45, 7) is 1.86. The predicted octanol–water partition coefficient (Wildman–Crippen LogP) is 5.46. The van der Waals surface area contributed by atoms with Crippen molar-refractivity contribution in [2.45, 2.75) is 39.2 Å². The summed E-state index contributed by atoms with van der Waals surface area (Å²) < 4.78 is 10.6. The molecule has 0 unspecified atom stereocenters. The van der Waals surface area contributed by atoms with E-state index in [1.807, 2.05) is 13.0 Å². The maximum absolute atomic E-state index is 12.4. The van der Waals surface area contributed by atoms with Crippen molar-refractivity contribution in [3.05, 3.63) is 81.1 Å². The highest BCUT2D eigenvalue weighted by atomic mass is 16.6. The Bertz CT molecular complexity index is 1200. The number of nitro benzene ring substituents is 1. The monoisotopic (exact) mass is 430 g/mol. The van der Waals surface area contributed by atoms with Crippen molar-refractivity contribution in [2.75, 3.05) is 0 Å². The normalized spacial score (nSPS) is 13.4. The third-order valence-electron chi connectivity index (χ3n) is 5.51. The van der Waals surface area contributed by atoms with Crippen molar-refractivity contribution < 1.29 is 19.0 Å². The van der Waals surface area contributed by atoms with Gasteiger partial charge < -0.3 is 9.26 Å². The number of aromatic nitrogens is 1. The first-order valence-corrected chi connectivity index (χ1v) is 10.5. The second kappa shape index (κ2) is 9.48. The van der Waals surface area contributed by atoms with Gasteiger partial charge in [-0.3, -0.25) is 10.1 Å². The van der Waals surface area contributed by atoms with Crippen molar-refractivity contribution in [3.8, 4) is 23.1 Å². The molecule has 7 heteroatoms. The van der Waals surface area contributed by atoms with E-state index in [-0.39, 0.29) is 12.3 Å². The van der Waals surface area contributed by atoms with Gasteiger partial charge in [0.1, 0.15) is 5.69 Å². The molecule has 2 aromatic carbocycles. The molecule has 1 aliphatic carbocycles. The summed E-state index contributed by atoms with van der Waals surface area (Å²) >= 11 is 0. The molecule has 0 atom stereocenters. The largest absolute Gasteiger partial charge is 0.454 e. The quantitative estimate of drug-likeness (QED) is 0.231. The zero-order chi connectivity index (χ0) is 22.5. The van der Waals surface area contributed by atoms with E-state index in [1.165, 1.54) is 37.8 Å². The minimum Gasteiger partial charge on any atom is -0.454 e. The van der Waals surface area contributed by atoms with Crippen molar-refractivity contribution in [1.29, 1.82) is 0 Å². The van der Waals surface area contributed by atoms with Crippen LogP contribution in [-0.4, -0.2) is 16.0 Å². The molecule has 7 nitrogen and oxygen atoms in total. The molecule has 0 aliphatic heterocycles. The Kier molecular flexibility index (Phi) is 6.31. The lowest BCUT2D eigenvalue weighted by atomic mass is 10.0. The molecule has 0 bridgehead atoms. The number of rotatable bonds is 5. The van der Waals surface area contributed by atoms with E-state index in [4.69, 9.17) is 9.26 Å². The fourth-order valence-electron chi connectivity index (χ4n) is 3.67. The van der Waals surface area contributed by atoms with Crippen LogP contribution in [0.5, 0.6) is 0 Å². The third-order valence-corrected chi connectivity index (χ3v) is 5.51. The second-order valence-electron chi connectivity index (χ2n) is 7.84. The van der Waals surface area contributed by atoms with Gasteiger partial charge >= 0.3 is 5.97 Å². The van der Waals surface area contributed by atoms with Gasteiger partial charge in [-0.25, -0.2) is 4.79 Å². The average molecular weight is 430 g/mol. The van der Waals surface area contributed by atoms with Gasteiger partial charge in [0.25, 0.3) is 5.69 Å². The molecule has 32 heavy (non-hydrogen) atoms. The van der Waals surface area contributed by atoms with E-state index in [1.54, 1.807) is 30.3 Å². The van der Waals surface area contributed by atoms with Crippen molar-refractivity contribution >= 4 is 11.7 Å². The van der Waals surface area contributed by atoms with E-state index >= 15 is 0 Å². The molecule has 162 valence electrons. The summed E-state index contributed by atoms with van der Waals surface area (Å²) in [7, 11) is 0. The number of hydrogen-bond donors (Lipinski definition) is 0. The summed E-state index contributed by atoms with van der Waals surface area (Å²) in [5, 5.41) is 14.7. The van der Waals surface area contributed by atoms with Crippen molar-refractivity contribution in [2.24, 2.45) is 5.92 Å². The van der Waals surface area contributed by atoms with Crippen LogP contribution in [0.3, 0.4) is 0 Å². The summed E-state index contributed by atoms with van der Waals surface area (Å²) in [5.41, 5.74) is 3.48. The van der Waals surface area contributed by atoms with Gasteiger partial charge in [-0.1, -0.05) is 29.8 Å². The minimum absolute atomic E-state index is 0.00257. The summed E-state index contributed by atoms with van der Waals surface area (Å²) in [6.07, 6.45) is 4.85.